The molecule has 19 heteroatoms. The van der Waals surface area contributed by atoms with E-state index in [-0.39, 0.29) is 25.7 Å². The van der Waals surface area contributed by atoms with Crippen LogP contribution in [0.4, 0.5) is 0 Å². The normalized spacial score (nSPS) is 14.4. The molecule has 81 heavy (non-hydrogen) atoms. The van der Waals surface area contributed by atoms with Crippen molar-refractivity contribution in [3.8, 4) is 0 Å². The fourth-order valence-electron chi connectivity index (χ4n) is 9.18. The Bertz CT molecular complexity index is 1600. The summed E-state index contributed by atoms with van der Waals surface area (Å²) in [6.07, 6.45) is 36.3. The SMILES string of the molecule is CCCCCCCCCCCCC(=O)O[C@H](COC(=O)CCCCCCCCCC)COP(=O)(O)OC[C@H](O)COP(=O)(O)OC[C@@H](COC(=O)CCCCCCCCCC(C)C)OC(=O)CCCCCCCCCCCCC(C)C. The van der Waals surface area contributed by atoms with E-state index < -0.39 is 97.5 Å². The van der Waals surface area contributed by atoms with E-state index in [4.69, 9.17) is 37.0 Å². The third-order valence-electron chi connectivity index (χ3n) is 14.2. The predicted octanol–water partition coefficient (Wildman–Crippen LogP) is 16.9. The van der Waals surface area contributed by atoms with Crippen LogP contribution in [0.1, 0.15) is 305 Å². The van der Waals surface area contributed by atoms with E-state index in [0.717, 1.165) is 109 Å². The first-order valence-corrected chi connectivity index (χ1v) is 35.5. The van der Waals surface area contributed by atoms with Crippen LogP contribution in [0.25, 0.3) is 0 Å². The Hall–Kier alpha value is -1.94. The van der Waals surface area contributed by atoms with Crippen molar-refractivity contribution in [1.29, 1.82) is 0 Å². The zero-order valence-corrected chi connectivity index (χ0v) is 53.9. The molecule has 0 amide bonds. The highest BCUT2D eigenvalue weighted by atomic mass is 31.2. The van der Waals surface area contributed by atoms with Gasteiger partial charge in [0.05, 0.1) is 26.4 Å². The minimum absolute atomic E-state index is 0.105. The van der Waals surface area contributed by atoms with Gasteiger partial charge in [0.15, 0.2) is 12.2 Å². The molecule has 480 valence electrons. The highest BCUT2D eigenvalue weighted by Crippen LogP contribution is 2.45. The van der Waals surface area contributed by atoms with Crippen molar-refractivity contribution in [3.63, 3.8) is 0 Å². The summed E-state index contributed by atoms with van der Waals surface area (Å²) in [5.74, 6) is -0.683. The number of phosphoric ester groups is 2. The number of unbranched alkanes of at least 4 members (excludes halogenated alkanes) is 31. The molecule has 0 heterocycles. The Morgan fingerprint density at radius 3 is 0.840 bits per heavy atom. The van der Waals surface area contributed by atoms with E-state index in [1.807, 2.05) is 0 Å². The molecule has 0 saturated carbocycles. The topological polar surface area (TPSA) is 237 Å². The van der Waals surface area contributed by atoms with Gasteiger partial charge in [-0.2, -0.15) is 0 Å². The van der Waals surface area contributed by atoms with Gasteiger partial charge in [-0.15, -0.1) is 0 Å². The highest BCUT2D eigenvalue weighted by molar-refractivity contribution is 7.47. The molecule has 17 nitrogen and oxygen atoms in total. The average molecular weight is 1200 g/mol. The van der Waals surface area contributed by atoms with Crippen molar-refractivity contribution in [2.24, 2.45) is 11.8 Å². The van der Waals surface area contributed by atoms with E-state index in [1.54, 1.807) is 0 Å². The molecule has 0 radical (unpaired) electrons. The minimum Gasteiger partial charge on any atom is -0.462 e. The molecule has 2 unspecified atom stereocenters. The molecular formula is C62H120O17P2. The van der Waals surface area contributed by atoms with E-state index in [0.29, 0.717) is 31.6 Å². The van der Waals surface area contributed by atoms with Gasteiger partial charge in [-0.3, -0.25) is 37.3 Å². The van der Waals surface area contributed by atoms with Crippen LogP contribution in [-0.4, -0.2) is 96.7 Å². The third kappa shape index (κ3) is 56.9. The smallest absolute Gasteiger partial charge is 0.462 e. The van der Waals surface area contributed by atoms with Crippen LogP contribution >= 0.6 is 15.6 Å². The second kappa shape index (κ2) is 54.7. The van der Waals surface area contributed by atoms with Gasteiger partial charge in [-0.25, -0.2) is 9.13 Å². The van der Waals surface area contributed by atoms with Crippen molar-refractivity contribution in [2.45, 2.75) is 323 Å². The van der Waals surface area contributed by atoms with Crippen LogP contribution in [0.3, 0.4) is 0 Å². The lowest BCUT2D eigenvalue weighted by Crippen LogP contribution is -2.30. The van der Waals surface area contributed by atoms with Gasteiger partial charge < -0.3 is 33.8 Å². The van der Waals surface area contributed by atoms with Crippen molar-refractivity contribution >= 4 is 39.5 Å². The molecule has 5 atom stereocenters. The number of carbonyl (C=O) groups is 4. The fraction of sp³-hybridized carbons (Fsp3) is 0.935. The standard InChI is InChI=1S/C62H120O17P2/c1-7-9-11-13-15-17-21-27-34-40-46-61(66)78-57(50-72-59(64)44-38-32-26-16-14-12-10-8-2)52-76-80(68,69)74-48-56(63)49-75-81(70,71)77-53-58(51-73-60(65)45-39-33-29-23-25-31-37-43-55(5)6)79-62(67)47-41-35-28-22-19-18-20-24-30-36-42-54(3)4/h54-58,63H,7-53H2,1-6H3,(H,68,69)(H,70,71)/t56-,57+,58+/m0/s1. The van der Waals surface area contributed by atoms with Gasteiger partial charge in [0.1, 0.15) is 19.3 Å². The first kappa shape index (κ1) is 79.1. The zero-order valence-electron chi connectivity index (χ0n) is 52.1. The van der Waals surface area contributed by atoms with Crippen LogP contribution in [0, 0.1) is 11.8 Å². The lowest BCUT2D eigenvalue weighted by molar-refractivity contribution is -0.161. The molecule has 0 spiro atoms. The summed E-state index contributed by atoms with van der Waals surface area (Å²) in [4.78, 5) is 72.0. The van der Waals surface area contributed by atoms with E-state index in [2.05, 4.69) is 41.5 Å². The summed E-state index contributed by atoms with van der Waals surface area (Å²) in [7, 11) is -9.88. The predicted molar refractivity (Wildman–Crippen MR) is 321 cm³/mol. The minimum atomic E-state index is -4.94. The summed E-state index contributed by atoms with van der Waals surface area (Å²) in [5, 5.41) is 10.5. The number of hydrogen-bond donors (Lipinski definition) is 3. The van der Waals surface area contributed by atoms with Crippen LogP contribution in [0.15, 0.2) is 0 Å². The quantitative estimate of drug-likeness (QED) is 0.0222. The van der Waals surface area contributed by atoms with E-state index >= 15 is 0 Å². The summed E-state index contributed by atoms with van der Waals surface area (Å²) in [6.45, 7) is 9.38. The first-order valence-electron chi connectivity index (χ1n) is 32.5. The van der Waals surface area contributed by atoms with Crippen LogP contribution in [0.2, 0.25) is 0 Å². The molecule has 0 rings (SSSR count). The van der Waals surface area contributed by atoms with Crippen molar-refractivity contribution < 1.29 is 80.2 Å². The highest BCUT2D eigenvalue weighted by Gasteiger charge is 2.30. The fourth-order valence-corrected chi connectivity index (χ4v) is 10.8. The van der Waals surface area contributed by atoms with Crippen LogP contribution in [-0.2, 0) is 65.4 Å². The number of esters is 4. The Labute approximate surface area is 492 Å². The molecule has 0 aliphatic rings. The molecule has 0 aromatic heterocycles. The van der Waals surface area contributed by atoms with Crippen molar-refractivity contribution in [1.82, 2.24) is 0 Å². The van der Waals surface area contributed by atoms with Crippen LogP contribution < -0.4 is 0 Å². The summed E-state index contributed by atoms with van der Waals surface area (Å²) >= 11 is 0. The molecule has 0 bridgehead atoms. The van der Waals surface area contributed by atoms with Crippen molar-refractivity contribution in [2.75, 3.05) is 39.6 Å². The maximum absolute atomic E-state index is 12.9. The molecule has 0 aromatic rings. The first-order chi connectivity index (χ1) is 38.9. The van der Waals surface area contributed by atoms with E-state index in [1.165, 1.54) is 109 Å². The summed E-state index contributed by atoms with van der Waals surface area (Å²) in [5.41, 5.74) is 0. The average Bonchev–Trinajstić information content (AvgIpc) is 3.42. The molecule has 0 saturated heterocycles. The largest absolute Gasteiger partial charge is 0.472 e. The number of carbonyl (C=O) groups excluding carboxylic acids is 4. The van der Waals surface area contributed by atoms with Crippen LogP contribution in [0.5, 0.6) is 0 Å². The molecule has 0 aliphatic carbocycles. The lowest BCUT2D eigenvalue weighted by Gasteiger charge is -2.21. The van der Waals surface area contributed by atoms with Gasteiger partial charge in [-0.1, -0.05) is 253 Å². The molecule has 0 fully saturated rings. The Morgan fingerprint density at radius 2 is 0.568 bits per heavy atom. The monoisotopic (exact) mass is 1200 g/mol. The van der Waals surface area contributed by atoms with Gasteiger partial charge in [0.25, 0.3) is 0 Å². The van der Waals surface area contributed by atoms with Gasteiger partial charge in [-0.05, 0) is 37.5 Å². The lowest BCUT2D eigenvalue weighted by atomic mass is 10.0. The van der Waals surface area contributed by atoms with Crippen molar-refractivity contribution in [3.05, 3.63) is 0 Å². The maximum Gasteiger partial charge on any atom is 0.472 e. The Morgan fingerprint density at radius 1 is 0.333 bits per heavy atom. The van der Waals surface area contributed by atoms with Gasteiger partial charge in [0.2, 0.25) is 0 Å². The maximum atomic E-state index is 12.9. The molecule has 0 aliphatic heterocycles. The third-order valence-corrected chi connectivity index (χ3v) is 16.1. The number of aliphatic hydroxyl groups excluding tert-OH is 1. The molecule has 0 aromatic carbocycles. The summed E-state index contributed by atoms with van der Waals surface area (Å²) in [6, 6.07) is 0. The second-order valence-electron chi connectivity index (χ2n) is 23.4. The number of ether oxygens (including phenoxy) is 4. The van der Waals surface area contributed by atoms with Gasteiger partial charge >= 0.3 is 39.5 Å². The Balaban J connectivity index is 5.23. The van der Waals surface area contributed by atoms with E-state index in [9.17, 15) is 43.2 Å². The summed E-state index contributed by atoms with van der Waals surface area (Å²) < 4.78 is 67.8. The van der Waals surface area contributed by atoms with Gasteiger partial charge in [0, 0.05) is 25.7 Å². The molecular weight excluding hydrogens is 1080 g/mol. The Kier molecular flexibility index (Phi) is 53.4. The number of aliphatic hydroxyl groups is 1. The number of hydrogen-bond acceptors (Lipinski definition) is 15. The molecule has 3 N–H and O–H groups in total. The second-order valence-corrected chi connectivity index (χ2v) is 26.3. The zero-order chi connectivity index (χ0) is 60.1. The number of phosphoric acid groups is 2. The number of rotatable bonds is 61.